The Morgan fingerprint density at radius 2 is 1.76 bits per heavy atom. The lowest BCUT2D eigenvalue weighted by atomic mass is 10.0. The van der Waals surface area contributed by atoms with E-state index in [4.69, 9.17) is 4.74 Å². The van der Waals surface area contributed by atoms with E-state index in [0.717, 1.165) is 26.2 Å². The van der Waals surface area contributed by atoms with Gasteiger partial charge >= 0.3 is 0 Å². The molecule has 1 rings (SSSR count). The molecule has 0 aromatic heterocycles. The van der Waals surface area contributed by atoms with E-state index in [9.17, 15) is 0 Å². The Hall–Kier alpha value is -0.860. The quantitative estimate of drug-likeness (QED) is 0.782. The van der Waals surface area contributed by atoms with Crippen molar-refractivity contribution in [1.29, 1.82) is 0 Å². The zero-order chi connectivity index (χ0) is 12.7. The fraction of sp³-hybridized carbons (Fsp3) is 0.600. The van der Waals surface area contributed by atoms with Crippen LogP contribution in [-0.4, -0.2) is 19.8 Å². The van der Waals surface area contributed by atoms with Gasteiger partial charge in [0, 0.05) is 6.61 Å². The third-order valence-corrected chi connectivity index (χ3v) is 2.78. The highest BCUT2D eigenvalue weighted by molar-refractivity contribution is 5.30. The Morgan fingerprint density at radius 3 is 2.29 bits per heavy atom. The summed E-state index contributed by atoms with van der Waals surface area (Å²) in [4.78, 5) is 0. The Labute approximate surface area is 105 Å². The van der Waals surface area contributed by atoms with Gasteiger partial charge < -0.3 is 10.1 Å². The maximum atomic E-state index is 5.56. The molecule has 1 aromatic rings. The van der Waals surface area contributed by atoms with Crippen LogP contribution in [0.2, 0.25) is 0 Å². The van der Waals surface area contributed by atoms with Gasteiger partial charge in [-0.1, -0.05) is 36.2 Å². The lowest BCUT2D eigenvalue weighted by Crippen LogP contribution is -2.26. The van der Waals surface area contributed by atoms with Crippen molar-refractivity contribution in [1.82, 2.24) is 5.32 Å². The van der Waals surface area contributed by atoms with Crippen LogP contribution >= 0.6 is 0 Å². The molecule has 1 unspecified atom stereocenters. The van der Waals surface area contributed by atoms with Gasteiger partial charge in [-0.25, -0.2) is 0 Å². The van der Waals surface area contributed by atoms with Gasteiger partial charge in [-0.3, -0.25) is 0 Å². The number of aryl methyl sites for hydroxylation is 2. The van der Waals surface area contributed by atoms with Crippen molar-refractivity contribution < 1.29 is 4.74 Å². The van der Waals surface area contributed by atoms with Gasteiger partial charge in [-0.2, -0.15) is 0 Å². The Kier molecular flexibility index (Phi) is 6.23. The highest BCUT2D eigenvalue weighted by atomic mass is 16.5. The molecule has 1 atom stereocenters. The molecule has 0 heterocycles. The van der Waals surface area contributed by atoms with Gasteiger partial charge in [0.25, 0.3) is 0 Å². The average Bonchev–Trinajstić information content (AvgIpc) is 2.28. The first-order valence-corrected chi connectivity index (χ1v) is 6.56. The molecular formula is C15H25NO. The molecule has 96 valence electrons. The van der Waals surface area contributed by atoms with Crippen molar-refractivity contribution in [3.8, 4) is 0 Å². The summed E-state index contributed by atoms with van der Waals surface area (Å²) in [6.45, 7) is 11.1. The molecule has 1 aromatic carbocycles. The van der Waals surface area contributed by atoms with Crippen LogP contribution in [0.1, 0.15) is 43.0 Å². The van der Waals surface area contributed by atoms with E-state index >= 15 is 0 Å². The van der Waals surface area contributed by atoms with Crippen LogP contribution < -0.4 is 5.32 Å². The molecule has 0 saturated carbocycles. The smallest absolute Gasteiger partial charge is 0.0661 e. The van der Waals surface area contributed by atoms with Crippen molar-refractivity contribution in [2.45, 2.75) is 40.2 Å². The Balaban J connectivity index is 2.78. The minimum Gasteiger partial charge on any atom is -0.380 e. The highest BCUT2D eigenvalue weighted by Gasteiger charge is 2.11. The molecule has 0 spiro atoms. The zero-order valence-electron chi connectivity index (χ0n) is 11.5. The van der Waals surface area contributed by atoms with E-state index in [2.05, 4.69) is 44.3 Å². The van der Waals surface area contributed by atoms with Gasteiger partial charge in [0.1, 0.15) is 0 Å². The number of nitrogens with one attached hydrogen (secondary N) is 1. The van der Waals surface area contributed by atoms with Crippen LogP contribution in [0.5, 0.6) is 0 Å². The summed E-state index contributed by atoms with van der Waals surface area (Å²) in [5, 5.41) is 3.55. The van der Waals surface area contributed by atoms with Crippen LogP contribution in [0.15, 0.2) is 18.2 Å². The SMILES string of the molecule is CCCNC(COCC)c1cc(C)cc(C)c1. The summed E-state index contributed by atoms with van der Waals surface area (Å²) in [7, 11) is 0. The molecule has 0 bridgehead atoms. The molecule has 0 fully saturated rings. The largest absolute Gasteiger partial charge is 0.380 e. The lowest BCUT2D eigenvalue weighted by molar-refractivity contribution is 0.123. The minimum atomic E-state index is 0.313. The van der Waals surface area contributed by atoms with Crippen molar-refractivity contribution in [2.24, 2.45) is 0 Å². The van der Waals surface area contributed by atoms with Crippen molar-refractivity contribution >= 4 is 0 Å². The average molecular weight is 235 g/mol. The molecule has 0 amide bonds. The summed E-state index contributed by atoms with van der Waals surface area (Å²) in [6, 6.07) is 7.02. The molecule has 2 nitrogen and oxygen atoms in total. The second-order valence-electron chi connectivity index (χ2n) is 4.59. The van der Waals surface area contributed by atoms with E-state index in [0.29, 0.717) is 6.04 Å². The first kappa shape index (κ1) is 14.2. The standard InChI is InChI=1S/C15H25NO/c1-5-7-16-15(11-17-6-2)14-9-12(3)8-13(4)10-14/h8-10,15-16H,5-7,11H2,1-4H3. The summed E-state index contributed by atoms with van der Waals surface area (Å²) in [5.74, 6) is 0. The first-order valence-electron chi connectivity index (χ1n) is 6.56. The fourth-order valence-corrected chi connectivity index (χ4v) is 2.04. The summed E-state index contributed by atoms with van der Waals surface area (Å²) in [6.07, 6.45) is 1.15. The molecule has 0 saturated heterocycles. The second-order valence-corrected chi connectivity index (χ2v) is 4.59. The van der Waals surface area contributed by atoms with Crippen molar-refractivity contribution in [3.05, 3.63) is 34.9 Å². The molecule has 17 heavy (non-hydrogen) atoms. The minimum absolute atomic E-state index is 0.313. The zero-order valence-corrected chi connectivity index (χ0v) is 11.5. The van der Waals surface area contributed by atoms with E-state index < -0.39 is 0 Å². The number of hydrogen-bond acceptors (Lipinski definition) is 2. The van der Waals surface area contributed by atoms with Gasteiger partial charge in [-0.15, -0.1) is 0 Å². The molecule has 0 radical (unpaired) electrons. The molecule has 1 N–H and O–H groups in total. The van der Waals surface area contributed by atoms with Gasteiger partial charge in [0.2, 0.25) is 0 Å². The van der Waals surface area contributed by atoms with E-state index in [1.165, 1.54) is 16.7 Å². The van der Waals surface area contributed by atoms with Gasteiger partial charge in [-0.05, 0) is 39.3 Å². The fourth-order valence-electron chi connectivity index (χ4n) is 2.04. The van der Waals surface area contributed by atoms with Gasteiger partial charge in [0.05, 0.1) is 12.6 Å². The normalized spacial score (nSPS) is 12.7. The van der Waals surface area contributed by atoms with Crippen molar-refractivity contribution in [3.63, 3.8) is 0 Å². The third-order valence-electron chi connectivity index (χ3n) is 2.78. The number of rotatable bonds is 7. The van der Waals surface area contributed by atoms with E-state index in [1.54, 1.807) is 0 Å². The molecular weight excluding hydrogens is 210 g/mol. The predicted molar refractivity (Wildman–Crippen MR) is 73.4 cm³/mol. The summed E-state index contributed by atoms with van der Waals surface area (Å²) >= 11 is 0. The van der Waals surface area contributed by atoms with E-state index in [1.807, 2.05) is 6.92 Å². The van der Waals surface area contributed by atoms with Crippen LogP contribution in [-0.2, 0) is 4.74 Å². The summed E-state index contributed by atoms with van der Waals surface area (Å²) < 4.78 is 5.56. The van der Waals surface area contributed by atoms with E-state index in [-0.39, 0.29) is 0 Å². The molecule has 0 aliphatic rings. The first-order chi connectivity index (χ1) is 8.17. The number of hydrogen-bond donors (Lipinski definition) is 1. The Bertz CT molecular complexity index is 307. The lowest BCUT2D eigenvalue weighted by Gasteiger charge is -2.20. The van der Waals surface area contributed by atoms with Crippen LogP contribution in [0.25, 0.3) is 0 Å². The number of benzene rings is 1. The third kappa shape index (κ3) is 4.88. The molecule has 2 heteroatoms. The predicted octanol–water partition coefficient (Wildman–Crippen LogP) is 3.38. The molecule has 0 aliphatic heterocycles. The van der Waals surface area contributed by atoms with Crippen molar-refractivity contribution in [2.75, 3.05) is 19.8 Å². The maximum absolute atomic E-state index is 5.56. The van der Waals surface area contributed by atoms with Gasteiger partial charge in [0.15, 0.2) is 0 Å². The monoisotopic (exact) mass is 235 g/mol. The number of ether oxygens (including phenoxy) is 1. The van der Waals surface area contributed by atoms with Crippen LogP contribution in [0.3, 0.4) is 0 Å². The molecule has 0 aliphatic carbocycles. The van der Waals surface area contributed by atoms with Crippen LogP contribution in [0.4, 0.5) is 0 Å². The highest BCUT2D eigenvalue weighted by Crippen LogP contribution is 2.17. The van der Waals surface area contributed by atoms with Crippen LogP contribution in [0, 0.1) is 13.8 Å². The second kappa shape index (κ2) is 7.46. The topological polar surface area (TPSA) is 21.3 Å². The Morgan fingerprint density at radius 1 is 1.12 bits per heavy atom. The maximum Gasteiger partial charge on any atom is 0.0661 e. The summed E-state index contributed by atoms with van der Waals surface area (Å²) in [5.41, 5.74) is 3.98.